The second-order valence-electron chi connectivity index (χ2n) is 5.03. The van der Waals surface area contributed by atoms with Gasteiger partial charge in [-0.3, -0.25) is 9.80 Å². The third-order valence-corrected chi connectivity index (χ3v) is 3.24. The van der Waals surface area contributed by atoms with E-state index >= 15 is 0 Å². The minimum absolute atomic E-state index is 0.203. The zero-order valence-electron chi connectivity index (χ0n) is 16.2. The number of rotatable bonds is 19. The Hall–Kier alpha value is -1.48. The highest BCUT2D eigenvalue weighted by Gasteiger charge is 2.12. The molecule has 0 unspecified atom stereocenters. The maximum absolute atomic E-state index is 8.82. The first-order chi connectivity index (χ1) is 13.2. The van der Waals surface area contributed by atoms with Crippen LogP contribution in [0.4, 0.5) is 0 Å². The molecular formula is C15H32N4O8. The first kappa shape index (κ1) is 25.5. The number of nitrogens with one attached hydrogen (secondary N) is 1. The van der Waals surface area contributed by atoms with Crippen molar-refractivity contribution in [3.05, 3.63) is 24.8 Å². The molecule has 0 bridgehead atoms. The number of hydrogen-bond acceptors (Lipinski definition) is 12. The summed E-state index contributed by atoms with van der Waals surface area (Å²) in [4.78, 5) is 32.6. The molecule has 160 valence electrons. The molecule has 0 aliphatic carbocycles. The average Bonchev–Trinajstić information content (AvgIpc) is 2.69. The first-order valence-electron chi connectivity index (χ1n) is 8.22. The van der Waals surface area contributed by atoms with Gasteiger partial charge in [0.15, 0.2) is 0 Å². The Morgan fingerprint density at radius 2 is 1.26 bits per heavy atom. The molecule has 0 amide bonds. The summed E-state index contributed by atoms with van der Waals surface area (Å²) in [6, 6.07) is 0. The average molecular weight is 396 g/mol. The van der Waals surface area contributed by atoms with Crippen LogP contribution in [0.25, 0.3) is 0 Å². The molecule has 0 aliphatic heterocycles. The Bertz CT molecular complexity index is 354. The molecule has 3 N–H and O–H groups in total. The molecule has 0 atom stereocenters. The molecule has 0 aromatic carbocycles. The minimum Gasteiger partial charge on any atom is -0.516 e. The minimum atomic E-state index is 0.203. The van der Waals surface area contributed by atoms with Crippen LogP contribution in [0.15, 0.2) is 24.8 Å². The summed E-state index contributed by atoms with van der Waals surface area (Å²) in [6.45, 7) is 3.48. The van der Waals surface area contributed by atoms with E-state index in [9.17, 15) is 0 Å². The number of aliphatic hydroxyl groups is 2. The van der Waals surface area contributed by atoms with Gasteiger partial charge in [0, 0.05) is 38.9 Å². The number of hydrogen-bond donors (Lipinski definition) is 3. The van der Waals surface area contributed by atoms with Gasteiger partial charge in [-0.2, -0.15) is 0 Å². The quantitative estimate of drug-likeness (QED) is 0.119. The van der Waals surface area contributed by atoms with Gasteiger partial charge in [0.25, 0.3) is 0 Å². The fraction of sp³-hybridized carbons (Fsp3) is 0.733. The largest absolute Gasteiger partial charge is 0.516 e. The third-order valence-electron chi connectivity index (χ3n) is 3.24. The Balaban J connectivity index is 4.57. The van der Waals surface area contributed by atoms with Crippen molar-refractivity contribution in [2.75, 3.05) is 74.2 Å². The van der Waals surface area contributed by atoms with Crippen LogP contribution >= 0.6 is 0 Å². The predicted molar refractivity (Wildman–Crippen MR) is 95.4 cm³/mol. The second kappa shape index (κ2) is 19.3. The predicted octanol–water partition coefficient (Wildman–Crippen LogP) is 0.104. The summed E-state index contributed by atoms with van der Waals surface area (Å²) >= 11 is 0. The zero-order chi connectivity index (χ0) is 20.2. The van der Waals surface area contributed by atoms with E-state index in [2.05, 4.69) is 20.1 Å². The molecular weight excluding hydrogens is 364 g/mol. The van der Waals surface area contributed by atoms with Gasteiger partial charge in [-0.1, -0.05) is 0 Å². The van der Waals surface area contributed by atoms with E-state index in [1.807, 2.05) is 9.80 Å². The van der Waals surface area contributed by atoms with Crippen molar-refractivity contribution in [3.63, 3.8) is 0 Å². The zero-order valence-corrected chi connectivity index (χ0v) is 16.2. The van der Waals surface area contributed by atoms with Crippen molar-refractivity contribution in [1.29, 1.82) is 0 Å². The van der Waals surface area contributed by atoms with Crippen molar-refractivity contribution >= 4 is 0 Å². The van der Waals surface area contributed by atoms with Crippen molar-refractivity contribution in [2.45, 2.75) is 0 Å². The van der Waals surface area contributed by atoms with Crippen molar-refractivity contribution in [2.24, 2.45) is 0 Å². The van der Waals surface area contributed by atoms with Crippen LogP contribution in [0.5, 0.6) is 0 Å². The van der Waals surface area contributed by atoms with Gasteiger partial charge in [0.1, 0.15) is 20.2 Å². The van der Waals surface area contributed by atoms with Crippen LogP contribution in [0.1, 0.15) is 0 Å². The SMILES string of the molecule is COOCN(CCN(COOC)COOC)CCN(CC=CO)NC=CO. The highest BCUT2D eigenvalue weighted by molar-refractivity contribution is 4.78. The standard InChI is InChI=1S/C15H32N4O8/c1-22-25-13-17(7-8-18(14-26-23-2)15-27-24-3)9-10-19(6-4-11-20)16-5-12-21/h4-5,11-12,16,20-21H,6-10,13-15H2,1-3H3. The van der Waals surface area contributed by atoms with E-state index in [1.54, 1.807) is 11.1 Å². The van der Waals surface area contributed by atoms with Crippen LogP contribution in [0.2, 0.25) is 0 Å². The van der Waals surface area contributed by atoms with E-state index < -0.39 is 0 Å². The summed E-state index contributed by atoms with van der Waals surface area (Å²) in [5.74, 6) is 0. The molecule has 0 spiro atoms. The first-order valence-corrected chi connectivity index (χ1v) is 8.22. The maximum atomic E-state index is 8.82. The molecule has 0 aliphatic rings. The van der Waals surface area contributed by atoms with Crippen molar-refractivity contribution in [3.8, 4) is 0 Å². The van der Waals surface area contributed by atoms with Gasteiger partial charge in [0.2, 0.25) is 0 Å². The van der Waals surface area contributed by atoms with Gasteiger partial charge in [-0.25, -0.2) is 34.3 Å². The lowest BCUT2D eigenvalue weighted by molar-refractivity contribution is -0.334. The van der Waals surface area contributed by atoms with Crippen LogP contribution in [-0.2, 0) is 29.3 Å². The monoisotopic (exact) mass is 396 g/mol. The van der Waals surface area contributed by atoms with E-state index in [4.69, 9.17) is 24.9 Å². The molecule has 0 saturated heterocycles. The number of aliphatic hydroxyl groups excluding tert-OH is 2. The van der Waals surface area contributed by atoms with E-state index in [0.717, 1.165) is 12.5 Å². The van der Waals surface area contributed by atoms with Gasteiger partial charge >= 0.3 is 0 Å². The van der Waals surface area contributed by atoms with Crippen LogP contribution in [-0.4, -0.2) is 99.3 Å². The molecule has 0 radical (unpaired) electrons. The molecule has 0 saturated carbocycles. The lowest BCUT2D eigenvalue weighted by atomic mass is 10.4. The molecule has 0 fully saturated rings. The highest BCUT2D eigenvalue weighted by Crippen LogP contribution is 1.97. The highest BCUT2D eigenvalue weighted by atomic mass is 17.2. The lowest BCUT2D eigenvalue weighted by Crippen LogP contribution is -2.44. The van der Waals surface area contributed by atoms with Crippen LogP contribution in [0, 0.1) is 0 Å². The molecule has 27 heavy (non-hydrogen) atoms. The molecule has 12 heteroatoms. The maximum Gasteiger partial charge on any atom is 0.137 e. The molecule has 12 nitrogen and oxygen atoms in total. The fourth-order valence-corrected chi connectivity index (χ4v) is 1.86. The van der Waals surface area contributed by atoms with E-state index in [1.165, 1.54) is 27.5 Å². The summed E-state index contributed by atoms with van der Waals surface area (Å²) in [7, 11) is 4.30. The van der Waals surface area contributed by atoms with Gasteiger partial charge in [-0.15, -0.1) is 0 Å². The Labute approximate surface area is 159 Å². The molecule has 0 aromatic heterocycles. The number of hydrazine groups is 1. The van der Waals surface area contributed by atoms with Crippen molar-refractivity contribution < 1.29 is 39.5 Å². The molecule has 0 aromatic rings. The normalized spacial score (nSPS) is 12.4. The third kappa shape index (κ3) is 15.3. The topological polar surface area (TPSA) is 118 Å². The lowest BCUT2D eigenvalue weighted by Gasteiger charge is -2.28. The van der Waals surface area contributed by atoms with E-state index in [0.29, 0.717) is 32.7 Å². The van der Waals surface area contributed by atoms with Crippen molar-refractivity contribution in [1.82, 2.24) is 20.2 Å². The second-order valence-corrected chi connectivity index (χ2v) is 5.03. The summed E-state index contributed by atoms with van der Waals surface area (Å²) < 4.78 is 0. The van der Waals surface area contributed by atoms with E-state index in [-0.39, 0.29) is 20.2 Å². The van der Waals surface area contributed by atoms with Gasteiger partial charge < -0.3 is 15.6 Å². The van der Waals surface area contributed by atoms with Gasteiger partial charge in [-0.05, 0) is 6.08 Å². The smallest absolute Gasteiger partial charge is 0.137 e. The summed E-state index contributed by atoms with van der Waals surface area (Å²) in [6.07, 6.45) is 4.81. The van der Waals surface area contributed by atoms with Gasteiger partial charge in [0.05, 0.1) is 33.9 Å². The Morgan fingerprint density at radius 3 is 1.78 bits per heavy atom. The molecule has 0 heterocycles. The fourth-order valence-electron chi connectivity index (χ4n) is 1.86. The van der Waals surface area contributed by atoms with Crippen LogP contribution in [0.3, 0.4) is 0 Å². The molecule has 0 rings (SSSR count). The summed E-state index contributed by atoms with van der Waals surface area (Å²) in [5.41, 5.74) is 2.89. The number of nitrogens with zero attached hydrogens (tertiary/aromatic N) is 3. The van der Waals surface area contributed by atoms with Crippen LogP contribution < -0.4 is 5.43 Å². The Kier molecular flexibility index (Phi) is 18.2. The Morgan fingerprint density at radius 1 is 0.741 bits per heavy atom. The summed E-state index contributed by atoms with van der Waals surface area (Å²) in [5, 5.41) is 19.4.